The van der Waals surface area contributed by atoms with Gasteiger partial charge >= 0.3 is 11.7 Å². The number of fused-ring (bicyclic) bond motifs is 1. The van der Waals surface area contributed by atoms with Crippen molar-refractivity contribution in [3.8, 4) is 0 Å². The van der Waals surface area contributed by atoms with Crippen LogP contribution in [0.15, 0.2) is 27.4 Å². The molecule has 3 rings (SSSR count). The van der Waals surface area contributed by atoms with E-state index in [-0.39, 0.29) is 12.5 Å². The lowest BCUT2D eigenvalue weighted by Crippen LogP contribution is -2.33. The Labute approximate surface area is 131 Å². The summed E-state index contributed by atoms with van der Waals surface area (Å²) in [7, 11) is 0. The van der Waals surface area contributed by atoms with Gasteiger partial charge in [-0.25, -0.2) is 9.59 Å². The van der Waals surface area contributed by atoms with Crippen molar-refractivity contribution < 1.29 is 18.7 Å². The van der Waals surface area contributed by atoms with E-state index in [4.69, 9.17) is 9.15 Å². The fourth-order valence-electron chi connectivity index (χ4n) is 2.53. The molecule has 1 aliphatic rings. The molecule has 2 amide bonds. The summed E-state index contributed by atoms with van der Waals surface area (Å²) < 4.78 is 9.96. The zero-order valence-corrected chi connectivity index (χ0v) is 12.8. The van der Waals surface area contributed by atoms with Crippen molar-refractivity contribution in [1.29, 1.82) is 0 Å². The summed E-state index contributed by atoms with van der Waals surface area (Å²) in [6.45, 7) is 4.27. The monoisotopic (exact) mass is 316 g/mol. The largest absolute Gasteiger partial charge is 0.448 e. The predicted octanol–water partition coefficient (Wildman–Crippen LogP) is 1.80. The van der Waals surface area contributed by atoms with Crippen LogP contribution in [0.2, 0.25) is 0 Å². The van der Waals surface area contributed by atoms with Crippen LogP contribution in [0.4, 0.5) is 10.5 Å². The summed E-state index contributed by atoms with van der Waals surface area (Å²) in [5, 5.41) is 3.54. The minimum absolute atomic E-state index is 0.0564. The molecule has 7 nitrogen and oxygen atoms in total. The van der Waals surface area contributed by atoms with Crippen molar-refractivity contribution >= 4 is 28.7 Å². The maximum absolute atomic E-state index is 12.1. The van der Waals surface area contributed by atoms with Gasteiger partial charge in [-0.1, -0.05) is 0 Å². The number of rotatable bonds is 3. The summed E-state index contributed by atoms with van der Waals surface area (Å²) in [6, 6.07) is 4.89. The van der Waals surface area contributed by atoms with Gasteiger partial charge in [0.25, 0.3) is 0 Å². The fraction of sp³-hybridized carbons (Fsp3) is 0.312. The van der Waals surface area contributed by atoms with Gasteiger partial charge in [-0.2, -0.15) is 0 Å². The number of nitrogens with zero attached hydrogens (tertiary/aromatic N) is 1. The van der Waals surface area contributed by atoms with Gasteiger partial charge in [-0.05, 0) is 37.1 Å². The van der Waals surface area contributed by atoms with E-state index in [0.717, 1.165) is 16.5 Å². The van der Waals surface area contributed by atoms with Crippen molar-refractivity contribution in [3.63, 3.8) is 0 Å². The minimum atomic E-state index is -0.479. The van der Waals surface area contributed by atoms with Crippen LogP contribution in [0.1, 0.15) is 11.1 Å². The topological polar surface area (TPSA) is 88.8 Å². The number of hydrogen-bond acceptors (Lipinski definition) is 5. The third kappa shape index (κ3) is 3.03. The van der Waals surface area contributed by atoms with Gasteiger partial charge in [-0.3, -0.25) is 9.69 Å². The number of benzene rings is 1. The molecule has 1 aromatic heterocycles. The Balaban J connectivity index is 1.85. The highest BCUT2D eigenvalue weighted by Gasteiger charge is 2.24. The molecule has 1 fully saturated rings. The van der Waals surface area contributed by atoms with Crippen LogP contribution in [0, 0.1) is 13.8 Å². The lowest BCUT2D eigenvalue weighted by molar-refractivity contribution is -0.116. The van der Waals surface area contributed by atoms with Crippen LogP contribution in [-0.4, -0.2) is 36.6 Å². The first-order chi connectivity index (χ1) is 10.9. The molecule has 7 heteroatoms. The van der Waals surface area contributed by atoms with Crippen LogP contribution in [-0.2, 0) is 9.53 Å². The highest BCUT2D eigenvalue weighted by Crippen LogP contribution is 2.25. The summed E-state index contributed by atoms with van der Waals surface area (Å²) in [5.41, 5.74) is 2.23. The Morgan fingerprint density at radius 2 is 2.00 bits per heavy atom. The van der Waals surface area contributed by atoms with E-state index in [1.54, 1.807) is 19.1 Å². The third-order valence-corrected chi connectivity index (χ3v) is 3.75. The summed E-state index contributed by atoms with van der Waals surface area (Å²) in [4.78, 5) is 36.2. The first-order valence-electron chi connectivity index (χ1n) is 7.21. The third-order valence-electron chi connectivity index (χ3n) is 3.75. The zero-order valence-electron chi connectivity index (χ0n) is 12.8. The van der Waals surface area contributed by atoms with Gasteiger partial charge in [0, 0.05) is 17.1 Å². The summed E-state index contributed by atoms with van der Waals surface area (Å²) in [6.07, 6.45) is -0.479. The molecular weight excluding hydrogens is 300 g/mol. The predicted molar refractivity (Wildman–Crippen MR) is 83.5 cm³/mol. The van der Waals surface area contributed by atoms with Crippen LogP contribution < -0.4 is 10.9 Å². The van der Waals surface area contributed by atoms with Crippen molar-refractivity contribution in [2.75, 3.05) is 25.0 Å². The smallest absolute Gasteiger partial charge is 0.410 e. The van der Waals surface area contributed by atoms with E-state index < -0.39 is 11.7 Å². The summed E-state index contributed by atoms with van der Waals surface area (Å²) in [5.74, 6) is -0.304. The van der Waals surface area contributed by atoms with Gasteiger partial charge in [0.2, 0.25) is 5.91 Å². The van der Waals surface area contributed by atoms with Crippen molar-refractivity contribution in [2.45, 2.75) is 13.8 Å². The van der Waals surface area contributed by atoms with Crippen LogP contribution in [0.3, 0.4) is 0 Å². The fourth-order valence-corrected chi connectivity index (χ4v) is 2.53. The number of hydrogen-bond donors (Lipinski definition) is 1. The molecule has 120 valence electrons. The van der Waals surface area contributed by atoms with E-state index >= 15 is 0 Å². The van der Waals surface area contributed by atoms with Crippen LogP contribution in [0.25, 0.3) is 11.0 Å². The Hall–Kier alpha value is -2.83. The molecule has 0 radical (unpaired) electrons. The second-order valence-corrected chi connectivity index (χ2v) is 5.50. The molecule has 0 spiro atoms. The van der Waals surface area contributed by atoms with E-state index in [9.17, 15) is 14.4 Å². The van der Waals surface area contributed by atoms with Crippen LogP contribution in [0.5, 0.6) is 0 Å². The second-order valence-electron chi connectivity index (χ2n) is 5.50. The van der Waals surface area contributed by atoms with E-state index in [0.29, 0.717) is 24.4 Å². The van der Waals surface area contributed by atoms with E-state index in [1.165, 1.54) is 11.0 Å². The number of ether oxygens (including phenoxy) is 1. The molecule has 2 heterocycles. The van der Waals surface area contributed by atoms with Gasteiger partial charge in [0.05, 0.1) is 6.54 Å². The van der Waals surface area contributed by atoms with Gasteiger partial charge in [0.15, 0.2) is 0 Å². The van der Waals surface area contributed by atoms with Gasteiger partial charge in [0.1, 0.15) is 18.7 Å². The van der Waals surface area contributed by atoms with Gasteiger partial charge in [-0.15, -0.1) is 0 Å². The Bertz CT molecular complexity index is 855. The highest BCUT2D eigenvalue weighted by molar-refractivity contribution is 5.97. The number of aryl methyl sites for hydroxylation is 2. The maximum atomic E-state index is 12.1. The number of amides is 2. The standard InChI is InChI=1S/C16H16N2O5/c1-9-6-15(20)23-13-5-10(2)12(7-11(9)13)17-14(19)8-18-3-4-22-16(18)21/h5-7H,3-4,8H2,1-2H3,(H,17,19). The molecule has 0 aliphatic carbocycles. The molecule has 0 atom stereocenters. The van der Waals surface area contributed by atoms with Crippen molar-refractivity contribution in [3.05, 3.63) is 39.7 Å². The lowest BCUT2D eigenvalue weighted by Gasteiger charge is -2.14. The molecule has 1 aromatic carbocycles. The molecule has 1 aliphatic heterocycles. The Morgan fingerprint density at radius 3 is 2.70 bits per heavy atom. The minimum Gasteiger partial charge on any atom is -0.448 e. The average molecular weight is 316 g/mol. The number of carbonyl (C=O) groups is 2. The normalized spacial score (nSPS) is 14.2. The molecule has 0 bridgehead atoms. The summed E-state index contributed by atoms with van der Waals surface area (Å²) >= 11 is 0. The van der Waals surface area contributed by atoms with Gasteiger partial charge < -0.3 is 14.5 Å². The molecular formula is C16H16N2O5. The Morgan fingerprint density at radius 1 is 1.22 bits per heavy atom. The second kappa shape index (κ2) is 5.75. The number of nitrogens with one attached hydrogen (secondary N) is 1. The molecule has 2 aromatic rings. The first-order valence-corrected chi connectivity index (χ1v) is 7.21. The average Bonchev–Trinajstić information content (AvgIpc) is 2.85. The number of carbonyl (C=O) groups excluding carboxylic acids is 2. The molecule has 1 saturated heterocycles. The molecule has 0 unspecified atom stereocenters. The Kier molecular flexibility index (Phi) is 3.77. The maximum Gasteiger partial charge on any atom is 0.410 e. The SMILES string of the molecule is Cc1cc2oc(=O)cc(C)c2cc1NC(=O)CN1CCOC1=O. The highest BCUT2D eigenvalue weighted by atomic mass is 16.6. The van der Waals surface area contributed by atoms with Crippen LogP contribution >= 0.6 is 0 Å². The number of anilines is 1. The van der Waals surface area contributed by atoms with E-state index in [1.807, 2.05) is 6.92 Å². The lowest BCUT2D eigenvalue weighted by atomic mass is 10.1. The van der Waals surface area contributed by atoms with Crippen molar-refractivity contribution in [1.82, 2.24) is 4.90 Å². The molecule has 23 heavy (non-hydrogen) atoms. The molecule has 1 N–H and O–H groups in total. The van der Waals surface area contributed by atoms with E-state index in [2.05, 4.69) is 5.32 Å². The zero-order chi connectivity index (χ0) is 16.6. The first kappa shape index (κ1) is 15.1. The quantitative estimate of drug-likeness (QED) is 0.872. The molecule has 0 saturated carbocycles. The van der Waals surface area contributed by atoms with Crippen molar-refractivity contribution in [2.24, 2.45) is 0 Å². The number of cyclic esters (lactones) is 1.